The molecule has 0 fully saturated rings. The van der Waals surface area contributed by atoms with Gasteiger partial charge in [0, 0.05) is 5.69 Å². The van der Waals surface area contributed by atoms with E-state index in [9.17, 15) is 0 Å². The number of rotatable bonds is 2. The van der Waals surface area contributed by atoms with Crippen molar-refractivity contribution in [1.82, 2.24) is 0 Å². The molecule has 0 saturated carbocycles. The van der Waals surface area contributed by atoms with Crippen LogP contribution in [-0.4, -0.2) is 6.54 Å². The molecule has 0 heterocycles. The molecule has 1 heteroatoms. The van der Waals surface area contributed by atoms with Crippen molar-refractivity contribution in [1.29, 1.82) is 0 Å². The number of benzene rings is 1. The minimum atomic E-state index is 0.610. The molecule has 0 aliphatic heterocycles. The first kappa shape index (κ1) is 9.15. The van der Waals surface area contributed by atoms with Crippen molar-refractivity contribution in [2.45, 2.75) is 25.7 Å². The Labute approximate surface area is 85.5 Å². The van der Waals surface area contributed by atoms with Gasteiger partial charge in [-0.25, -0.2) is 0 Å². The number of anilines is 1. The largest absolute Gasteiger partial charge is 0.374 e. The van der Waals surface area contributed by atoms with E-state index in [1.807, 2.05) is 0 Å². The van der Waals surface area contributed by atoms with Crippen molar-refractivity contribution >= 4 is 5.69 Å². The molecule has 0 spiro atoms. The molecule has 0 unspecified atom stereocenters. The summed E-state index contributed by atoms with van der Waals surface area (Å²) >= 11 is 0. The van der Waals surface area contributed by atoms with E-state index < -0.39 is 0 Å². The minimum absolute atomic E-state index is 0.610. The molecule has 2 rings (SSSR count). The summed E-state index contributed by atoms with van der Waals surface area (Å²) in [7, 11) is 0. The van der Waals surface area contributed by atoms with Crippen LogP contribution in [0, 0.1) is 12.3 Å². The number of aryl methyl sites for hydroxylation is 2. The van der Waals surface area contributed by atoms with Gasteiger partial charge in [0.15, 0.2) is 0 Å². The molecule has 0 atom stereocenters. The summed E-state index contributed by atoms with van der Waals surface area (Å²) in [6.45, 7) is 0.610. The molecular formula is C13H15N. The maximum absolute atomic E-state index is 5.20. The second-order valence-electron chi connectivity index (χ2n) is 3.75. The summed E-state index contributed by atoms with van der Waals surface area (Å²) in [5.74, 6) is 2.59. The minimum Gasteiger partial charge on any atom is -0.374 e. The fourth-order valence-electron chi connectivity index (χ4n) is 2.00. The Morgan fingerprint density at radius 2 is 2.00 bits per heavy atom. The van der Waals surface area contributed by atoms with E-state index in [-0.39, 0.29) is 0 Å². The van der Waals surface area contributed by atoms with E-state index >= 15 is 0 Å². The first-order chi connectivity index (χ1) is 6.90. The van der Waals surface area contributed by atoms with Gasteiger partial charge in [0.05, 0.1) is 6.54 Å². The summed E-state index contributed by atoms with van der Waals surface area (Å²) < 4.78 is 0. The van der Waals surface area contributed by atoms with Crippen molar-refractivity contribution in [3.63, 3.8) is 0 Å². The Balaban J connectivity index is 2.17. The van der Waals surface area contributed by atoms with E-state index in [1.54, 1.807) is 0 Å². The van der Waals surface area contributed by atoms with E-state index in [2.05, 4.69) is 29.4 Å². The Kier molecular flexibility index (Phi) is 2.74. The van der Waals surface area contributed by atoms with Crippen LogP contribution in [0.1, 0.15) is 24.0 Å². The van der Waals surface area contributed by atoms with Gasteiger partial charge >= 0.3 is 0 Å². The highest BCUT2D eigenvalue weighted by Gasteiger charge is 2.08. The molecule has 1 aliphatic rings. The first-order valence-corrected chi connectivity index (χ1v) is 5.19. The van der Waals surface area contributed by atoms with Gasteiger partial charge in [-0.3, -0.25) is 0 Å². The highest BCUT2D eigenvalue weighted by Crippen LogP contribution is 2.23. The fourth-order valence-corrected chi connectivity index (χ4v) is 2.00. The second-order valence-corrected chi connectivity index (χ2v) is 3.75. The number of hydrogen-bond acceptors (Lipinski definition) is 1. The lowest BCUT2D eigenvalue weighted by Crippen LogP contribution is -2.04. The average Bonchev–Trinajstić information content (AvgIpc) is 2.26. The molecular weight excluding hydrogens is 170 g/mol. The molecule has 0 bridgehead atoms. The average molecular weight is 185 g/mol. The van der Waals surface area contributed by atoms with Crippen LogP contribution < -0.4 is 5.32 Å². The third kappa shape index (κ3) is 1.90. The van der Waals surface area contributed by atoms with Gasteiger partial charge in [-0.1, -0.05) is 12.0 Å². The smallest absolute Gasteiger partial charge is 0.0763 e. The van der Waals surface area contributed by atoms with Gasteiger partial charge in [-0.2, -0.15) is 0 Å². The van der Waals surface area contributed by atoms with Crippen LogP contribution in [0.2, 0.25) is 0 Å². The van der Waals surface area contributed by atoms with Gasteiger partial charge in [0.1, 0.15) is 0 Å². The van der Waals surface area contributed by atoms with Crippen molar-refractivity contribution in [3.8, 4) is 12.3 Å². The maximum Gasteiger partial charge on any atom is 0.0763 e. The van der Waals surface area contributed by atoms with E-state index in [4.69, 9.17) is 6.42 Å². The van der Waals surface area contributed by atoms with E-state index in [0.29, 0.717) is 6.54 Å². The lowest BCUT2D eigenvalue weighted by molar-refractivity contribution is 0.686. The molecule has 1 aromatic rings. The lowest BCUT2D eigenvalue weighted by Gasteiger charge is -2.16. The molecule has 0 amide bonds. The van der Waals surface area contributed by atoms with Crippen molar-refractivity contribution in [2.75, 3.05) is 11.9 Å². The maximum atomic E-state index is 5.20. The Morgan fingerprint density at radius 3 is 2.79 bits per heavy atom. The van der Waals surface area contributed by atoms with Crippen LogP contribution in [0.15, 0.2) is 18.2 Å². The van der Waals surface area contributed by atoms with E-state index in [0.717, 1.165) is 5.69 Å². The monoisotopic (exact) mass is 185 g/mol. The van der Waals surface area contributed by atoms with Gasteiger partial charge in [-0.15, -0.1) is 6.42 Å². The van der Waals surface area contributed by atoms with Crippen molar-refractivity contribution in [3.05, 3.63) is 29.3 Å². The summed E-state index contributed by atoms with van der Waals surface area (Å²) in [5.41, 5.74) is 4.17. The molecule has 14 heavy (non-hydrogen) atoms. The van der Waals surface area contributed by atoms with Crippen LogP contribution >= 0.6 is 0 Å². The molecule has 1 aliphatic carbocycles. The fraction of sp³-hybridized carbons (Fsp3) is 0.385. The predicted octanol–water partition coefficient (Wildman–Crippen LogP) is 2.61. The third-order valence-electron chi connectivity index (χ3n) is 2.74. The topological polar surface area (TPSA) is 12.0 Å². The molecule has 1 aromatic carbocycles. The third-order valence-corrected chi connectivity index (χ3v) is 2.74. The molecule has 0 radical (unpaired) electrons. The highest BCUT2D eigenvalue weighted by atomic mass is 14.8. The Hall–Kier alpha value is -1.42. The zero-order valence-electron chi connectivity index (χ0n) is 8.34. The number of terminal acetylenes is 1. The molecule has 0 saturated heterocycles. The Bertz CT molecular complexity index is 360. The highest BCUT2D eigenvalue weighted by molar-refractivity contribution is 5.50. The van der Waals surface area contributed by atoms with Crippen LogP contribution in [-0.2, 0) is 12.8 Å². The summed E-state index contributed by atoms with van der Waals surface area (Å²) in [6.07, 6.45) is 10.3. The van der Waals surface area contributed by atoms with Crippen LogP contribution in [0.5, 0.6) is 0 Å². The number of nitrogens with one attached hydrogen (secondary N) is 1. The second kappa shape index (κ2) is 4.19. The Morgan fingerprint density at radius 1 is 1.21 bits per heavy atom. The molecule has 1 N–H and O–H groups in total. The van der Waals surface area contributed by atoms with Gasteiger partial charge in [0.25, 0.3) is 0 Å². The van der Waals surface area contributed by atoms with Crippen molar-refractivity contribution < 1.29 is 0 Å². The molecule has 72 valence electrons. The van der Waals surface area contributed by atoms with Gasteiger partial charge in [0.2, 0.25) is 0 Å². The van der Waals surface area contributed by atoms with Crippen LogP contribution in [0.25, 0.3) is 0 Å². The standard InChI is InChI=1S/C13H15N/c1-2-9-14-13-8-7-11-5-3-4-6-12(11)10-13/h1,7-8,10,14H,3-6,9H2. The van der Waals surface area contributed by atoms with Crippen LogP contribution in [0.4, 0.5) is 5.69 Å². The van der Waals surface area contributed by atoms with Gasteiger partial charge < -0.3 is 5.32 Å². The zero-order chi connectivity index (χ0) is 9.80. The predicted molar refractivity (Wildman–Crippen MR) is 60.4 cm³/mol. The van der Waals surface area contributed by atoms with Gasteiger partial charge in [-0.05, 0) is 48.9 Å². The zero-order valence-corrected chi connectivity index (χ0v) is 8.34. The number of fused-ring (bicyclic) bond motifs is 1. The summed E-state index contributed by atoms with van der Waals surface area (Å²) in [4.78, 5) is 0. The van der Waals surface area contributed by atoms with Crippen molar-refractivity contribution in [2.24, 2.45) is 0 Å². The van der Waals surface area contributed by atoms with E-state index in [1.165, 1.54) is 36.8 Å². The molecule has 0 aromatic heterocycles. The summed E-state index contributed by atoms with van der Waals surface area (Å²) in [6, 6.07) is 6.60. The quantitative estimate of drug-likeness (QED) is 0.698. The SMILES string of the molecule is C#CCNc1ccc2c(c1)CCCC2. The summed E-state index contributed by atoms with van der Waals surface area (Å²) in [5, 5.41) is 3.21. The van der Waals surface area contributed by atoms with Crippen LogP contribution in [0.3, 0.4) is 0 Å². The lowest BCUT2D eigenvalue weighted by atomic mass is 9.91. The first-order valence-electron chi connectivity index (χ1n) is 5.19. The molecule has 1 nitrogen and oxygen atoms in total. The normalized spacial score (nSPS) is 14.2. The number of hydrogen-bond donors (Lipinski definition) is 1.